The summed E-state index contributed by atoms with van der Waals surface area (Å²) in [6.07, 6.45) is 1.71. The first kappa shape index (κ1) is 17.9. The molecule has 0 saturated carbocycles. The number of benzene rings is 1. The molecule has 3 rings (SSSR count). The molecule has 2 saturated heterocycles. The van der Waals surface area contributed by atoms with Crippen LogP contribution in [0.25, 0.3) is 0 Å². The van der Waals surface area contributed by atoms with Crippen LogP contribution in [0.4, 0.5) is 5.69 Å². The topological polar surface area (TPSA) is 67.9 Å². The molecule has 0 aliphatic carbocycles. The Bertz CT molecular complexity index is 600. The van der Waals surface area contributed by atoms with Crippen LogP contribution in [0.2, 0.25) is 0 Å². The third-order valence-electron chi connectivity index (χ3n) is 4.78. The molecule has 2 heterocycles. The van der Waals surface area contributed by atoms with Gasteiger partial charge in [0.1, 0.15) is 0 Å². The minimum atomic E-state index is -0.0962. The maximum atomic E-state index is 12.6. The van der Waals surface area contributed by atoms with Gasteiger partial charge in [-0.2, -0.15) is 0 Å². The van der Waals surface area contributed by atoms with Gasteiger partial charge in [0.15, 0.2) is 6.29 Å². The normalized spacial score (nSPS) is 19.4. The van der Waals surface area contributed by atoms with E-state index in [1.807, 2.05) is 18.7 Å². The first-order valence-electron chi connectivity index (χ1n) is 8.98. The second-order valence-corrected chi connectivity index (χ2v) is 6.96. The highest BCUT2D eigenvalue weighted by molar-refractivity contribution is 5.96. The minimum absolute atomic E-state index is 0.0301. The van der Waals surface area contributed by atoms with E-state index < -0.39 is 0 Å². The number of likely N-dealkylation sites (tertiary alicyclic amines) is 1. The number of hydrogen-bond acceptors (Lipinski definition) is 4. The minimum Gasteiger partial charge on any atom is -0.350 e. The van der Waals surface area contributed by atoms with Crippen molar-refractivity contribution in [2.24, 2.45) is 11.8 Å². The Labute approximate surface area is 148 Å². The number of piperidine rings is 1. The van der Waals surface area contributed by atoms with Crippen molar-refractivity contribution < 1.29 is 19.1 Å². The zero-order valence-electron chi connectivity index (χ0n) is 14.9. The lowest BCUT2D eigenvalue weighted by molar-refractivity contribution is -0.118. The second-order valence-electron chi connectivity index (χ2n) is 6.96. The quantitative estimate of drug-likeness (QED) is 0.910. The van der Waals surface area contributed by atoms with E-state index in [0.717, 1.165) is 25.9 Å². The Hall–Kier alpha value is -1.92. The van der Waals surface area contributed by atoms with Crippen LogP contribution in [-0.2, 0) is 14.3 Å². The van der Waals surface area contributed by atoms with Crippen LogP contribution < -0.4 is 5.32 Å². The number of ether oxygens (including phenoxy) is 2. The highest BCUT2D eigenvalue weighted by atomic mass is 16.7. The van der Waals surface area contributed by atoms with E-state index in [4.69, 9.17) is 9.47 Å². The smallest absolute Gasteiger partial charge is 0.253 e. The molecule has 136 valence electrons. The third-order valence-corrected chi connectivity index (χ3v) is 4.78. The molecule has 0 aromatic heterocycles. The third kappa shape index (κ3) is 4.38. The highest BCUT2D eigenvalue weighted by Gasteiger charge is 2.31. The number of carbonyl (C=O) groups is 2. The molecular formula is C19H26N2O4. The number of anilines is 1. The number of hydrogen-bond donors (Lipinski definition) is 1. The van der Waals surface area contributed by atoms with Gasteiger partial charge in [-0.1, -0.05) is 13.8 Å². The van der Waals surface area contributed by atoms with Crippen molar-refractivity contribution >= 4 is 17.5 Å². The van der Waals surface area contributed by atoms with Gasteiger partial charge in [-0.3, -0.25) is 9.59 Å². The van der Waals surface area contributed by atoms with Gasteiger partial charge in [0.2, 0.25) is 5.91 Å². The van der Waals surface area contributed by atoms with Gasteiger partial charge < -0.3 is 19.7 Å². The largest absolute Gasteiger partial charge is 0.350 e. The summed E-state index contributed by atoms with van der Waals surface area (Å²) in [5.74, 6) is 0.307. The van der Waals surface area contributed by atoms with Crippen LogP contribution in [0.1, 0.15) is 37.0 Å². The van der Waals surface area contributed by atoms with E-state index in [2.05, 4.69) is 5.32 Å². The number of amides is 2. The van der Waals surface area contributed by atoms with Crippen LogP contribution in [0, 0.1) is 11.8 Å². The van der Waals surface area contributed by atoms with Gasteiger partial charge in [-0.15, -0.1) is 0 Å². The van der Waals surface area contributed by atoms with E-state index in [0.29, 0.717) is 30.4 Å². The maximum absolute atomic E-state index is 12.6. The Morgan fingerprint density at radius 2 is 1.68 bits per heavy atom. The molecule has 0 spiro atoms. The molecule has 0 atom stereocenters. The summed E-state index contributed by atoms with van der Waals surface area (Å²) in [6.45, 7) is 6.47. The molecule has 0 bridgehead atoms. The van der Waals surface area contributed by atoms with E-state index >= 15 is 0 Å². The fraction of sp³-hybridized carbons (Fsp3) is 0.579. The van der Waals surface area contributed by atoms with E-state index in [1.54, 1.807) is 24.3 Å². The summed E-state index contributed by atoms with van der Waals surface area (Å²) in [5, 5.41) is 2.83. The van der Waals surface area contributed by atoms with Gasteiger partial charge in [-0.25, -0.2) is 0 Å². The first-order valence-corrected chi connectivity index (χ1v) is 8.98. The molecule has 6 nitrogen and oxygen atoms in total. The number of rotatable bonds is 4. The summed E-state index contributed by atoms with van der Waals surface area (Å²) in [7, 11) is 0. The Morgan fingerprint density at radius 1 is 1.08 bits per heavy atom. The molecule has 1 aromatic rings. The molecule has 0 radical (unpaired) electrons. The molecule has 1 aromatic carbocycles. The molecule has 25 heavy (non-hydrogen) atoms. The van der Waals surface area contributed by atoms with Gasteiger partial charge in [-0.05, 0) is 37.1 Å². The van der Waals surface area contributed by atoms with E-state index in [-0.39, 0.29) is 24.0 Å². The SMILES string of the molecule is CC(C)C(=O)Nc1ccc(C(=O)N2CCC(C3OCCO3)CC2)cc1. The fourth-order valence-electron chi connectivity index (χ4n) is 3.19. The van der Waals surface area contributed by atoms with Crippen molar-refractivity contribution in [2.75, 3.05) is 31.6 Å². The lowest BCUT2D eigenvalue weighted by Crippen LogP contribution is -2.41. The number of nitrogens with one attached hydrogen (secondary N) is 1. The van der Waals surface area contributed by atoms with Crippen LogP contribution in [0.15, 0.2) is 24.3 Å². The zero-order valence-corrected chi connectivity index (χ0v) is 14.9. The Morgan fingerprint density at radius 3 is 2.24 bits per heavy atom. The number of carbonyl (C=O) groups excluding carboxylic acids is 2. The van der Waals surface area contributed by atoms with Gasteiger partial charge in [0.25, 0.3) is 5.91 Å². The van der Waals surface area contributed by atoms with Crippen molar-refractivity contribution in [3.05, 3.63) is 29.8 Å². The van der Waals surface area contributed by atoms with Crippen molar-refractivity contribution in [1.82, 2.24) is 4.90 Å². The Kier molecular flexibility index (Phi) is 5.71. The summed E-state index contributed by atoms with van der Waals surface area (Å²) >= 11 is 0. The lowest BCUT2D eigenvalue weighted by Gasteiger charge is -2.33. The highest BCUT2D eigenvalue weighted by Crippen LogP contribution is 2.26. The van der Waals surface area contributed by atoms with Gasteiger partial charge >= 0.3 is 0 Å². The fourth-order valence-corrected chi connectivity index (χ4v) is 3.19. The van der Waals surface area contributed by atoms with E-state index in [9.17, 15) is 9.59 Å². The monoisotopic (exact) mass is 346 g/mol. The van der Waals surface area contributed by atoms with Crippen molar-refractivity contribution in [3.63, 3.8) is 0 Å². The standard InChI is InChI=1S/C19H26N2O4/c1-13(2)17(22)20-16-5-3-14(4-6-16)18(23)21-9-7-15(8-10-21)19-24-11-12-25-19/h3-6,13,15,19H,7-12H2,1-2H3,(H,20,22). The van der Waals surface area contributed by atoms with Gasteiger partial charge in [0.05, 0.1) is 13.2 Å². The summed E-state index contributed by atoms with van der Waals surface area (Å²) in [6, 6.07) is 7.10. The predicted octanol–water partition coefficient (Wildman–Crippen LogP) is 2.51. The molecule has 6 heteroatoms. The molecule has 2 aliphatic rings. The average molecular weight is 346 g/mol. The molecular weight excluding hydrogens is 320 g/mol. The first-order chi connectivity index (χ1) is 12.0. The predicted molar refractivity (Wildman–Crippen MR) is 94.2 cm³/mol. The van der Waals surface area contributed by atoms with Crippen molar-refractivity contribution in [2.45, 2.75) is 33.0 Å². The van der Waals surface area contributed by atoms with Crippen molar-refractivity contribution in [1.29, 1.82) is 0 Å². The lowest BCUT2D eigenvalue weighted by atomic mass is 9.95. The molecule has 1 N–H and O–H groups in total. The molecule has 2 amide bonds. The zero-order chi connectivity index (χ0) is 17.8. The van der Waals surface area contributed by atoms with Gasteiger partial charge in [0, 0.05) is 36.2 Å². The van der Waals surface area contributed by atoms with Crippen molar-refractivity contribution in [3.8, 4) is 0 Å². The second kappa shape index (κ2) is 7.97. The van der Waals surface area contributed by atoms with Crippen LogP contribution in [-0.4, -0.2) is 49.3 Å². The molecule has 2 fully saturated rings. The van der Waals surface area contributed by atoms with Crippen LogP contribution in [0.3, 0.4) is 0 Å². The molecule has 2 aliphatic heterocycles. The van der Waals surface area contributed by atoms with Crippen LogP contribution >= 0.6 is 0 Å². The van der Waals surface area contributed by atoms with E-state index in [1.165, 1.54) is 0 Å². The average Bonchev–Trinajstić information content (AvgIpc) is 3.16. The number of nitrogens with zero attached hydrogens (tertiary/aromatic N) is 1. The summed E-state index contributed by atoms with van der Waals surface area (Å²) < 4.78 is 11.1. The summed E-state index contributed by atoms with van der Waals surface area (Å²) in [4.78, 5) is 26.2. The molecule has 0 unspecified atom stereocenters. The van der Waals surface area contributed by atoms with Crippen LogP contribution in [0.5, 0.6) is 0 Å². The maximum Gasteiger partial charge on any atom is 0.253 e. The Balaban J connectivity index is 1.53. The summed E-state index contributed by atoms with van der Waals surface area (Å²) in [5.41, 5.74) is 1.36.